The van der Waals surface area contributed by atoms with E-state index in [2.05, 4.69) is 0 Å². The summed E-state index contributed by atoms with van der Waals surface area (Å²) in [6.45, 7) is 3.15. The highest BCUT2D eigenvalue weighted by Crippen LogP contribution is 2.50. The van der Waals surface area contributed by atoms with Gasteiger partial charge in [-0.1, -0.05) is 6.92 Å². The Morgan fingerprint density at radius 3 is 2.40 bits per heavy atom. The molecule has 11 atom stereocenters. The summed E-state index contributed by atoms with van der Waals surface area (Å²) in [5, 5.41) is 59.7. The van der Waals surface area contributed by atoms with Crippen molar-refractivity contribution in [3.63, 3.8) is 0 Å². The fourth-order valence-electron chi connectivity index (χ4n) is 4.34. The molecule has 3 rings (SSSR count). The highest BCUT2D eigenvalue weighted by Gasteiger charge is 2.59. The summed E-state index contributed by atoms with van der Waals surface area (Å²) in [7, 11) is 0. The second kappa shape index (κ2) is 6.99. The lowest BCUT2D eigenvalue weighted by Gasteiger charge is -2.46. The number of hydrogen-bond acceptors (Lipinski definition) is 9. The maximum Gasteiger partial charge on any atom is 0.187 e. The molecular weight excluding hydrogens is 336 g/mol. The maximum atomic E-state index is 10.6. The fraction of sp³-hybridized carbons (Fsp3) is 1.00. The summed E-state index contributed by atoms with van der Waals surface area (Å²) >= 11 is 0. The van der Waals surface area contributed by atoms with E-state index in [1.807, 2.05) is 6.92 Å². The van der Waals surface area contributed by atoms with Crippen molar-refractivity contribution >= 4 is 0 Å². The molecule has 0 aromatic heterocycles. The summed E-state index contributed by atoms with van der Waals surface area (Å²) in [5.74, 6) is -0.462. The minimum absolute atomic E-state index is 0.0337. The molecular formula is C16H28O9. The first-order chi connectivity index (χ1) is 11.7. The number of ether oxygens (including phenoxy) is 3. The van der Waals surface area contributed by atoms with E-state index in [0.29, 0.717) is 6.42 Å². The van der Waals surface area contributed by atoms with Crippen LogP contribution in [0.5, 0.6) is 0 Å². The van der Waals surface area contributed by atoms with E-state index in [4.69, 9.17) is 14.2 Å². The average molecular weight is 364 g/mol. The average Bonchev–Trinajstić information content (AvgIpc) is 2.83. The Morgan fingerprint density at radius 1 is 1.08 bits per heavy atom. The van der Waals surface area contributed by atoms with Gasteiger partial charge in [0.25, 0.3) is 0 Å². The number of aliphatic hydroxyl groups excluding tert-OH is 6. The van der Waals surface area contributed by atoms with Crippen molar-refractivity contribution in [3.8, 4) is 0 Å². The highest BCUT2D eigenvalue weighted by molar-refractivity contribution is 5.06. The first kappa shape index (κ1) is 19.4. The van der Waals surface area contributed by atoms with Gasteiger partial charge >= 0.3 is 0 Å². The van der Waals surface area contributed by atoms with E-state index in [9.17, 15) is 30.6 Å². The molecule has 2 heterocycles. The second-order valence-electron chi connectivity index (χ2n) is 7.60. The maximum absolute atomic E-state index is 10.6. The number of rotatable bonds is 3. The number of hydrogen-bond donors (Lipinski definition) is 6. The molecule has 0 bridgehead atoms. The van der Waals surface area contributed by atoms with Crippen LogP contribution in [0.25, 0.3) is 0 Å². The molecule has 6 N–H and O–H groups in total. The standard InChI is InChI=1S/C16H28O9/c1-6-7-3-10(18)16(2,8(7)5-23-14(6)22)25-15-13(21)12(20)11(19)9(4-17)24-15/h6-15,17-22H,3-5H2,1-2H3/t6-,7+,8-,9+,10-,11+,12-,13+,14-,15-,16-/m0/s1. The minimum atomic E-state index is -1.54. The van der Waals surface area contributed by atoms with Crippen molar-refractivity contribution in [3.05, 3.63) is 0 Å². The molecule has 1 aliphatic carbocycles. The topological polar surface area (TPSA) is 149 Å². The van der Waals surface area contributed by atoms with Gasteiger partial charge in [0.15, 0.2) is 12.6 Å². The second-order valence-corrected chi connectivity index (χ2v) is 7.60. The summed E-state index contributed by atoms with van der Waals surface area (Å²) in [5.41, 5.74) is -1.13. The van der Waals surface area contributed by atoms with Crippen LogP contribution in [0.3, 0.4) is 0 Å². The highest BCUT2D eigenvalue weighted by atomic mass is 16.7. The van der Waals surface area contributed by atoms with Gasteiger partial charge in [-0.15, -0.1) is 0 Å². The summed E-state index contributed by atoms with van der Waals surface area (Å²) < 4.78 is 16.7. The first-order valence-corrected chi connectivity index (χ1v) is 8.66. The van der Waals surface area contributed by atoms with Crippen molar-refractivity contribution in [2.75, 3.05) is 13.2 Å². The Morgan fingerprint density at radius 2 is 1.76 bits per heavy atom. The predicted molar refractivity (Wildman–Crippen MR) is 82.0 cm³/mol. The normalized spacial score (nSPS) is 56.6. The molecule has 9 nitrogen and oxygen atoms in total. The number of aliphatic hydroxyl groups is 6. The van der Waals surface area contributed by atoms with E-state index in [-0.39, 0.29) is 24.4 Å². The van der Waals surface area contributed by atoms with Crippen molar-refractivity contribution < 1.29 is 44.8 Å². The minimum Gasteiger partial charge on any atom is -0.394 e. The van der Waals surface area contributed by atoms with Crippen LogP contribution in [-0.2, 0) is 14.2 Å². The van der Waals surface area contributed by atoms with E-state index in [1.165, 1.54) is 0 Å². The summed E-state index contributed by atoms with van der Waals surface area (Å²) in [6.07, 6.45) is -8.33. The lowest BCUT2D eigenvalue weighted by molar-refractivity contribution is -0.341. The van der Waals surface area contributed by atoms with Crippen LogP contribution in [0.15, 0.2) is 0 Å². The molecule has 9 heteroatoms. The zero-order valence-electron chi connectivity index (χ0n) is 14.3. The fourth-order valence-corrected chi connectivity index (χ4v) is 4.34. The lowest BCUT2D eigenvalue weighted by Crippen LogP contribution is -2.62. The van der Waals surface area contributed by atoms with Crippen molar-refractivity contribution in [2.24, 2.45) is 17.8 Å². The van der Waals surface area contributed by atoms with Crippen LogP contribution in [0.1, 0.15) is 20.3 Å². The monoisotopic (exact) mass is 364 g/mol. The van der Waals surface area contributed by atoms with Crippen LogP contribution in [0.4, 0.5) is 0 Å². The van der Waals surface area contributed by atoms with Crippen molar-refractivity contribution in [2.45, 2.75) is 69.0 Å². The van der Waals surface area contributed by atoms with Gasteiger partial charge in [-0.2, -0.15) is 0 Å². The van der Waals surface area contributed by atoms with E-state index in [1.54, 1.807) is 6.92 Å². The van der Waals surface area contributed by atoms with E-state index >= 15 is 0 Å². The van der Waals surface area contributed by atoms with Gasteiger partial charge in [0, 0.05) is 11.8 Å². The van der Waals surface area contributed by atoms with Crippen LogP contribution < -0.4 is 0 Å². The smallest absolute Gasteiger partial charge is 0.187 e. The first-order valence-electron chi connectivity index (χ1n) is 8.66. The van der Waals surface area contributed by atoms with Crippen molar-refractivity contribution in [1.82, 2.24) is 0 Å². The molecule has 0 spiro atoms. The Kier molecular flexibility index (Phi) is 5.42. The molecule has 3 fully saturated rings. The Bertz CT molecular complexity index is 475. The Hall–Kier alpha value is -0.360. The van der Waals surface area contributed by atoms with Crippen LogP contribution in [0, 0.1) is 17.8 Å². The molecule has 0 amide bonds. The zero-order chi connectivity index (χ0) is 18.5. The van der Waals surface area contributed by atoms with E-state index in [0.717, 1.165) is 0 Å². The van der Waals surface area contributed by atoms with Gasteiger partial charge in [0.05, 0.1) is 24.9 Å². The zero-order valence-corrected chi connectivity index (χ0v) is 14.3. The summed E-state index contributed by atoms with van der Waals surface area (Å²) in [6, 6.07) is 0. The van der Waals surface area contributed by atoms with Gasteiger partial charge in [-0.05, 0) is 19.3 Å². The lowest BCUT2D eigenvalue weighted by atomic mass is 9.78. The molecule has 2 saturated heterocycles. The Labute approximate surface area is 145 Å². The summed E-state index contributed by atoms with van der Waals surface area (Å²) in [4.78, 5) is 0. The number of fused-ring (bicyclic) bond motifs is 1. The van der Waals surface area contributed by atoms with Crippen LogP contribution >= 0.6 is 0 Å². The Balaban J connectivity index is 1.78. The third-order valence-electron chi connectivity index (χ3n) is 6.20. The van der Waals surface area contributed by atoms with Crippen molar-refractivity contribution in [1.29, 1.82) is 0 Å². The SMILES string of the molecule is C[C@H]1[C@H]2C[C@H](O)[C@@](C)(O[C@@H]3O[C@H](CO)[C@@H](O)[C@H](O)[C@H]3O)[C@H]2CO[C@@H]1O. The molecule has 1 saturated carbocycles. The van der Waals surface area contributed by atoms with Gasteiger partial charge in [-0.3, -0.25) is 0 Å². The van der Waals surface area contributed by atoms with Gasteiger partial charge in [0.1, 0.15) is 24.4 Å². The molecule has 0 radical (unpaired) electrons. The predicted octanol–water partition coefficient (Wildman–Crippen LogP) is -2.46. The van der Waals surface area contributed by atoms with Gasteiger partial charge in [-0.25, -0.2) is 0 Å². The molecule has 25 heavy (non-hydrogen) atoms. The third kappa shape index (κ3) is 3.11. The van der Waals surface area contributed by atoms with Gasteiger partial charge in [0.2, 0.25) is 0 Å². The third-order valence-corrected chi connectivity index (χ3v) is 6.20. The van der Waals surface area contributed by atoms with Gasteiger partial charge < -0.3 is 44.8 Å². The molecule has 146 valence electrons. The van der Waals surface area contributed by atoms with E-state index < -0.39 is 55.3 Å². The van der Waals surface area contributed by atoms with Crippen LogP contribution in [0.2, 0.25) is 0 Å². The molecule has 0 aromatic rings. The molecule has 2 aliphatic heterocycles. The molecule has 0 unspecified atom stereocenters. The molecule has 0 aromatic carbocycles. The largest absolute Gasteiger partial charge is 0.394 e. The molecule has 3 aliphatic rings. The van der Waals surface area contributed by atoms with Crippen LogP contribution in [-0.4, -0.2) is 92.6 Å². The quantitative estimate of drug-likeness (QED) is 0.321.